The summed E-state index contributed by atoms with van der Waals surface area (Å²) >= 11 is 0. The van der Waals surface area contributed by atoms with E-state index >= 15 is 0 Å². The van der Waals surface area contributed by atoms with E-state index in [0.29, 0.717) is 18.9 Å². The van der Waals surface area contributed by atoms with Gasteiger partial charge in [0.05, 0.1) is 13.2 Å². The molecule has 138 valence electrons. The van der Waals surface area contributed by atoms with Crippen LogP contribution in [0.4, 0.5) is 4.39 Å². The maximum absolute atomic E-state index is 12.8. The van der Waals surface area contributed by atoms with Gasteiger partial charge in [0.2, 0.25) is 0 Å². The van der Waals surface area contributed by atoms with Crippen molar-refractivity contribution in [1.82, 2.24) is 25.4 Å². The SMILES string of the molecule is CN=C(NCCCCOc1ccc(F)cc1)NCc1ncnn1C.I. The van der Waals surface area contributed by atoms with Crippen molar-refractivity contribution in [2.24, 2.45) is 12.0 Å². The Kier molecular flexibility index (Phi) is 9.81. The highest BCUT2D eigenvalue weighted by molar-refractivity contribution is 14.0. The fourth-order valence-corrected chi connectivity index (χ4v) is 2.02. The summed E-state index contributed by atoms with van der Waals surface area (Å²) in [6, 6.07) is 6.05. The molecule has 0 fully saturated rings. The molecule has 0 amide bonds. The molecule has 1 aromatic heterocycles. The number of halogens is 2. The van der Waals surface area contributed by atoms with E-state index in [1.54, 1.807) is 23.9 Å². The topological polar surface area (TPSA) is 76.4 Å². The van der Waals surface area contributed by atoms with E-state index in [4.69, 9.17) is 4.74 Å². The van der Waals surface area contributed by atoms with E-state index in [1.807, 2.05) is 7.05 Å². The van der Waals surface area contributed by atoms with Gasteiger partial charge in [0, 0.05) is 20.6 Å². The molecule has 0 spiro atoms. The molecular weight excluding hydrogens is 438 g/mol. The number of nitrogens with zero attached hydrogens (tertiary/aromatic N) is 4. The van der Waals surface area contributed by atoms with Crippen molar-refractivity contribution < 1.29 is 9.13 Å². The summed E-state index contributed by atoms with van der Waals surface area (Å²) in [7, 11) is 3.57. The van der Waals surface area contributed by atoms with Gasteiger partial charge >= 0.3 is 0 Å². The number of aromatic nitrogens is 3. The Balaban J connectivity index is 0.00000312. The molecule has 9 heteroatoms. The zero-order chi connectivity index (χ0) is 17.2. The molecule has 0 aliphatic heterocycles. The second-order valence-corrected chi connectivity index (χ2v) is 5.16. The Labute approximate surface area is 164 Å². The molecule has 7 nitrogen and oxygen atoms in total. The van der Waals surface area contributed by atoms with Crippen LogP contribution in [0.1, 0.15) is 18.7 Å². The Bertz CT molecular complexity index is 646. The van der Waals surface area contributed by atoms with E-state index in [0.717, 1.165) is 31.2 Å². The molecule has 0 saturated heterocycles. The predicted molar refractivity (Wildman–Crippen MR) is 106 cm³/mol. The Hall–Kier alpha value is -1.91. The lowest BCUT2D eigenvalue weighted by atomic mass is 10.3. The van der Waals surface area contributed by atoms with Crippen LogP contribution in [-0.2, 0) is 13.6 Å². The molecule has 0 unspecified atom stereocenters. The van der Waals surface area contributed by atoms with Crippen LogP contribution in [0.25, 0.3) is 0 Å². The fourth-order valence-electron chi connectivity index (χ4n) is 2.02. The average Bonchev–Trinajstić information content (AvgIpc) is 3.00. The molecule has 2 N–H and O–H groups in total. The number of nitrogens with one attached hydrogen (secondary N) is 2. The summed E-state index contributed by atoms with van der Waals surface area (Å²) in [5.41, 5.74) is 0. The van der Waals surface area contributed by atoms with Gasteiger partial charge in [0.15, 0.2) is 5.96 Å². The quantitative estimate of drug-likeness (QED) is 0.272. The molecule has 0 radical (unpaired) electrons. The summed E-state index contributed by atoms with van der Waals surface area (Å²) < 4.78 is 20.0. The molecule has 0 aliphatic carbocycles. The number of aryl methyl sites for hydroxylation is 1. The highest BCUT2D eigenvalue weighted by atomic mass is 127. The van der Waals surface area contributed by atoms with E-state index in [-0.39, 0.29) is 29.8 Å². The number of ether oxygens (including phenoxy) is 1. The van der Waals surface area contributed by atoms with Crippen LogP contribution in [0.3, 0.4) is 0 Å². The van der Waals surface area contributed by atoms with Gasteiger partial charge in [-0.25, -0.2) is 9.37 Å². The van der Waals surface area contributed by atoms with Crippen LogP contribution in [0.5, 0.6) is 5.75 Å². The molecule has 0 saturated carbocycles. The van der Waals surface area contributed by atoms with Crippen molar-refractivity contribution in [2.75, 3.05) is 20.2 Å². The van der Waals surface area contributed by atoms with Crippen molar-refractivity contribution in [3.8, 4) is 5.75 Å². The van der Waals surface area contributed by atoms with Crippen LogP contribution >= 0.6 is 24.0 Å². The van der Waals surface area contributed by atoms with Gasteiger partial charge in [-0.3, -0.25) is 9.67 Å². The molecule has 1 heterocycles. The van der Waals surface area contributed by atoms with Crippen LogP contribution in [0.2, 0.25) is 0 Å². The van der Waals surface area contributed by atoms with E-state index in [1.165, 1.54) is 18.5 Å². The van der Waals surface area contributed by atoms with Crippen LogP contribution in [-0.4, -0.2) is 40.9 Å². The van der Waals surface area contributed by atoms with Crippen LogP contribution in [0.15, 0.2) is 35.6 Å². The maximum atomic E-state index is 12.8. The molecule has 0 atom stereocenters. The van der Waals surface area contributed by atoms with E-state index in [9.17, 15) is 4.39 Å². The van der Waals surface area contributed by atoms with E-state index in [2.05, 4.69) is 25.7 Å². The Morgan fingerprint density at radius 3 is 2.64 bits per heavy atom. The summed E-state index contributed by atoms with van der Waals surface area (Å²) in [6.07, 6.45) is 3.35. The number of rotatable bonds is 8. The van der Waals surface area contributed by atoms with Crippen molar-refractivity contribution in [1.29, 1.82) is 0 Å². The van der Waals surface area contributed by atoms with Crippen molar-refractivity contribution in [2.45, 2.75) is 19.4 Å². The van der Waals surface area contributed by atoms with Gasteiger partial charge in [-0.1, -0.05) is 0 Å². The number of unbranched alkanes of at least 4 members (excludes halogenated alkanes) is 1. The number of hydrogen-bond donors (Lipinski definition) is 2. The Morgan fingerprint density at radius 2 is 2.00 bits per heavy atom. The molecule has 1 aromatic carbocycles. The predicted octanol–water partition coefficient (Wildman–Crippen LogP) is 2.10. The number of aliphatic imine (C=N–C) groups is 1. The van der Waals surface area contributed by atoms with Crippen molar-refractivity contribution in [3.05, 3.63) is 42.2 Å². The minimum absolute atomic E-state index is 0. The van der Waals surface area contributed by atoms with Crippen molar-refractivity contribution in [3.63, 3.8) is 0 Å². The minimum Gasteiger partial charge on any atom is -0.494 e. The lowest BCUT2D eigenvalue weighted by Crippen LogP contribution is -2.37. The molecule has 25 heavy (non-hydrogen) atoms. The third-order valence-electron chi connectivity index (χ3n) is 3.39. The van der Waals surface area contributed by atoms with Gasteiger partial charge in [0.25, 0.3) is 0 Å². The zero-order valence-corrected chi connectivity index (χ0v) is 16.7. The monoisotopic (exact) mass is 462 g/mol. The standard InChI is InChI=1S/C16H23FN6O.HI/c1-18-16(20-11-15-21-12-22-23(15)2)19-9-3-4-10-24-14-7-5-13(17)6-8-14;/h5-8,12H,3-4,9-11H2,1-2H3,(H2,18,19,20);1H. The molecule has 0 bridgehead atoms. The third-order valence-corrected chi connectivity index (χ3v) is 3.39. The minimum atomic E-state index is -0.258. The summed E-state index contributed by atoms with van der Waals surface area (Å²) in [4.78, 5) is 8.30. The fraction of sp³-hybridized carbons (Fsp3) is 0.438. The maximum Gasteiger partial charge on any atom is 0.191 e. The summed E-state index contributed by atoms with van der Waals surface area (Å²) in [5, 5.41) is 10.4. The smallest absolute Gasteiger partial charge is 0.191 e. The normalized spacial score (nSPS) is 10.9. The second kappa shape index (κ2) is 11.6. The van der Waals surface area contributed by atoms with Crippen LogP contribution < -0.4 is 15.4 Å². The van der Waals surface area contributed by atoms with Gasteiger partial charge < -0.3 is 15.4 Å². The van der Waals surface area contributed by atoms with Crippen molar-refractivity contribution >= 4 is 29.9 Å². The first-order valence-corrected chi connectivity index (χ1v) is 7.85. The zero-order valence-electron chi connectivity index (χ0n) is 14.4. The average molecular weight is 462 g/mol. The largest absolute Gasteiger partial charge is 0.494 e. The lowest BCUT2D eigenvalue weighted by Gasteiger charge is -2.11. The Morgan fingerprint density at radius 1 is 1.24 bits per heavy atom. The highest BCUT2D eigenvalue weighted by Gasteiger charge is 2.02. The van der Waals surface area contributed by atoms with Gasteiger partial charge in [-0.2, -0.15) is 5.10 Å². The molecule has 0 aliphatic rings. The molecule has 2 rings (SSSR count). The van der Waals surface area contributed by atoms with Gasteiger partial charge in [0.1, 0.15) is 23.7 Å². The summed E-state index contributed by atoms with van der Waals surface area (Å²) in [5.74, 6) is 1.99. The molecular formula is C16H24FIN6O. The van der Waals surface area contributed by atoms with E-state index < -0.39 is 0 Å². The van der Waals surface area contributed by atoms with Crippen LogP contribution in [0, 0.1) is 5.82 Å². The first-order valence-electron chi connectivity index (χ1n) is 7.85. The highest BCUT2D eigenvalue weighted by Crippen LogP contribution is 2.11. The first-order chi connectivity index (χ1) is 11.7. The van der Waals surface area contributed by atoms with Gasteiger partial charge in [-0.05, 0) is 37.1 Å². The second-order valence-electron chi connectivity index (χ2n) is 5.16. The van der Waals surface area contributed by atoms with Gasteiger partial charge in [-0.15, -0.1) is 24.0 Å². The third kappa shape index (κ3) is 7.67. The number of hydrogen-bond acceptors (Lipinski definition) is 4. The lowest BCUT2D eigenvalue weighted by molar-refractivity contribution is 0.306. The molecule has 2 aromatic rings. The summed E-state index contributed by atoms with van der Waals surface area (Å²) in [6.45, 7) is 1.94. The number of guanidine groups is 1. The number of benzene rings is 1. The first kappa shape index (κ1) is 21.1.